The summed E-state index contributed by atoms with van der Waals surface area (Å²) < 4.78 is 10.7. The molecule has 1 atom stereocenters. The first-order valence-electron chi connectivity index (χ1n) is 26.1. The number of hydrogen-bond acceptors (Lipinski definition) is 5. The Morgan fingerprint density at radius 3 is 1.05 bits per heavy atom. The van der Waals surface area contributed by atoms with E-state index in [1.807, 2.05) is 0 Å². The number of esters is 2. The second kappa shape index (κ2) is 52.4. The first-order chi connectivity index (χ1) is 30.6. The summed E-state index contributed by atoms with van der Waals surface area (Å²) in [6.07, 6.45) is 72.4. The number of unbranched alkanes of at least 4 members (excludes halogenated alkanes) is 25. The number of carbonyl (C=O) groups is 2. The molecule has 0 rings (SSSR count). The highest BCUT2D eigenvalue weighted by molar-refractivity contribution is 5.70. The maximum Gasteiger partial charge on any atom is 0.306 e. The molecule has 0 aromatic heterocycles. The van der Waals surface area contributed by atoms with E-state index in [-0.39, 0.29) is 25.2 Å². The number of allylic oxidation sites excluding steroid dienone is 14. The number of hydrogen-bond donors (Lipinski definition) is 1. The Bertz CT molecular complexity index is 1160. The average molecular weight is 863 g/mol. The number of ether oxygens (including phenoxy) is 2. The molecule has 356 valence electrons. The highest BCUT2D eigenvalue weighted by atomic mass is 16.6. The summed E-state index contributed by atoms with van der Waals surface area (Å²) in [5.41, 5.74) is 0. The van der Waals surface area contributed by atoms with Gasteiger partial charge in [0.1, 0.15) is 6.61 Å². The lowest BCUT2D eigenvalue weighted by Gasteiger charge is -2.15. The lowest BCUT2D eigenvalue weighted by atomic mass is 10.0. The van der Waals surface area contributed by atoms with Crippen molar-refractivity contribution < 1.29 is 24.2 Å². The van der Waals surface area contributed by atoms with Crippen LogP contribution in [0.25, 0.3) is 0 Å². The largest absolute Gasteiger partial charge is 0.462 e. The zero-order chi connectivity index (χ0) is 44.9. The van der Waals surface area contributed by atoms with Gasteiger partial charge in [-0.3, -0.25) is 9.59 Å². The van der Waals surface area contributed by atoms with E-state index in [0.29, 0.717) is 12.8 Å². The van der Waals surface area contributed by atoms with E-state index in [2.05, 4.69) is 98.9 Å². The smallest absolute Gasteiger partial charge is 0.306 e. The van der Waals surface area contributed by atoms with Crippen molar-refractivity contribution in [1.29, 1.82) is 0 Å². The van der Waals surface area contributed by atoms with Crippen LogP contribution in [-0.4, -0.2) is 36.4 Å². The predicted molar refractivity (Wildman–Crippen MR) is 269 cm³/mol. The van der Waals surface area contributed by atoms with Gasteiger partial charge in [0.25, 0.3) is 0 Å². The van der Waals surface area contributed by atoms with Crippen LogP contribution in [0, 0.1) is 0 Å². The van der Waals surface area contributed by atoms with Crippen LogP contribution in [0.15, 0.2) is 85.1 Å². The molecule has 0 spiro atoms. The SMILES string of the molecule is CC/C=C\C/C=C\C/C=C\C/C=C\CCCCCCCCCCCCC(=O)OC(CO)COC(=O)CCCCCCCCCCCC/C=C\C/C=C\C/C=C\CCCCCCC. The fraction of sp³-hybridized carbons (Fsp3) is 0.719. The molecule has 0 heterocycles. The molecule has 0 aromatic rings. The van der Waals surface area contributed by atoms with Crippen LogP contribution in [0.2, 0.25) is 0 Å². The normalized spacial score (nSPS) is 12.9. The van der Waals surface area contributed by atoms with Crippen molar-refractivity contribution >= 4 is 11.9 Å². The van der Waals surface area contributed by atoms with E-state index in [0.717, 1.165) is 77.0 Å². The first-order valence-corrected chi connectivity index (χ1v) is 26.1. The van der Waals surface area contributed by atoms with Gasteiger partial charge in [0, 0.05) is 12.8 Å². The van der Waals surface area contributed by atoms with Gasteiger partial charge >= 0.3 is 11.9 Å². The van der Waals surface area contributed by atoms with Gasteiger partial charge in [-0.15, -0.1) is 0 Å². The molecule has 5 heteroatoms. The van der Waals surface area contributed by atoms with Crippen molar-refractivity contribution in [2.75, 3.05) is 13.2 Å². The molecule has 0 fully saturated rings. The monoisotopic (exact) mass is 863 g/mol. The molecule has 0 saturated carbocycles. The van der Waals surface area contributed by atoms with Crippen LogP contribution in [0.5, 0.6) is 0 Å². The molecule has 0 aliphatic carbocycles. The molecule has 0 saturated heterocycles. The standard InChI is InChI=1S/C57H98O5/c1-3-5-7-9-11-13-15-17-19-21-23-25-27-28-30-31-33-35-37-39-41-43-45-47-49-51-56(59)61-54-55(53-58)62-57(60)52-50-48-46-44-42-40-38-36-34-32-29-26-24-22-20-18-16-14-12-10-8-6-4-2/h6,8,12,14-15,17-18,20-21,23-24,26-28,55,58H,3-5,7,9-11,13,16,19,22,25,29-54H2,1-2H3/b8-6-,14-12-,17-15-,20-18-,23-21-,26-24-,28-27-. The first kappa shape index (κ1) is 59.1. The molecule has 1 N–H and O–H groups in total. The molecule has 0 aliphatic heterocycles. The summed E-state index contributed by atoms with van der Waals surface area (Å²) in [7, 11) is 0. The number of aliphatic hydroxyl groups excluding tert-OH is 1. The maximum atomic E-state index is 12.3. The molecule has 1 unspecified atom stereocenters. The third-order valence-corrected chi connectivity index (χ3v) is 11.2. The zero-order valence-electron chi connectivity index (χ0n) is 40.6. The number of rotatable bonds is 47. The molecule has 0 aromatic carbocycles. The highest BCUT2D eigenvalue weighted by Crippen LogP contribution is 2.15. The average Bonchev–Trinajstić information content (AvgIpc) is 3.28. The van der Waals surface area contributed by atoms with E-state index in [1.54, 1.807) is 0 Å². The summed E-state index contributed by atoms with van der Waals surface area (Å²) in [6.45, 7) is 4.02. The van der Waals surface area contributed by atoms with Crippen molar-refractivity contribution in [1.82, 2.24) is 0 Å². The molecule has 0 aliphatic rings. The minimum absolute atomic E-state index is 0.0728. The van der Waals surface area contributed by atoms with Gasteiger partial charge in [-0.25, -0.2) is 0 Å². The third kappa shape index (κ3) is 49.7. The Labute approximate surface area is 384 Å². The number of carbonyl (C=O) groups excluding carboxylic acids is 2. The second-order valence-corrected chi connectivity index (χ2v) is 17.2. The van der Waals surface area contributed by atoms with Gasteiger partial charge in [0.05, 0.1) is 6.61 Å². The minimum Gasteiger partial charge on any atom is -0.462 e. The lowest BCUT2D eigenvalue weighted by molar-refractivity contribution is -0.161. The van der Waals surface area contributed by atoms with Crippen LogP contribution in [0.4, 0.5) is 0 Å². The van der Waals surface area contributed by atoms with Crippen molar-refractivity contribution in [3.05, 3.63) is 85.1 Å². The van der Waals surface area contributed by atoms with Crippen LogP contribution in [-0.2, 0) is 19.1 Å². The van der Waals surface area contributed by atoms with Gasteiger partial charge < -0.3 is 14.6 Å². The maximum absolute atomic E-state index is 12.3. The predicted octanol–water partition coefficient (Wildman–Crippen LogP) is 17.4. The molecule has 0 radical (unpaired) electrons. The van der Waals surface area contributed by atoms with E-state index >= 15 is 0 Å². The van der Waals surface area contributed by atoms with Gasteiger partial charge in [-0.1, -0.05) is 227 Å². The Balaban J connectivity index is 3.53. The summed E-state index contributed by atoms with van der Waals surface area (Å²) in [5.74, 6) is -0.599. The highest BCUT2D eigenvalue weighted by Gasteiger charge is 2.16. The fourth-order valence-electron chi connectivity index (χ4n) is 7.26. The van der Waals surface area contributed by atoms with E-state index in [9.17, 15) is 14.7 Å². The molecule has 0 bridgehead atoms. The zero-order valence-corrected chi connectivity index (χ0v) is 40.6. The van der Waals surface area contributed by atoms with Crippen LogP contribution in [0.1, 0.15) is 245 Å². The fourth-order valence-corrected chi connectivity index (χ4v) is 7.26. The molecule has 5 nitrogen and oxygen atoms in total. The minimum atomic E-state index is -0.781. The topological polar surface area (TPSA) is 72.8 Å². The molecular weight excluding hydrogens is 765 g/mol. The Morgan fingerprint density at radius 2 is 0.694 bits per heavy atom. The van der Waals surface area contributed by atoms with Crippen LogP contribution in [0.3, 0.4) is 0 Å². The Kier molecular flexibility index (Phi) is 50.0. The molecule has 0 amide bonds. The molecular formula is C57H98O5. The Hall–Kier alpha value is -2.92. The van der Waals surface area contributed by atoms with E-state index < -0.39 is 6.10 Å². The summed E-state index contributed by atoms with van der Waals surface area (Å²) in [6, 6.07) is 0. The summed E-state index contributed by atoms with van der Waals surface area (Å²) in [5, 5.41) is 9.64. The van der Waals surface area contributed by atoms with Gasteiger partial charge in [-0.2, -0.15) is 0 Å². The van der Waals surface area contributed by atoms with Gasteiger partial charge in [0.2, 0.25) is 0 Å². The molecule has 62 heavy (non-hydrogen) atoms. The van der Waals surface area contributed by atoms with E-state index in [1.165, 1.54) is 141 Å². The van der Waals surface area contributed by atoms with E-state index in [4.69, 9.17) is 9.47 Å². The third-order valence-electron chi connectivity index (χ3n) is 11.2. The quantitative estimate of drug-likeness (QED) is 0.0375. The lowest BCUT2D eigenvalue weighted by Crippen LogP contribution is -2.28. The van der Waals surface area contributed by atoms with Crippen molar-refractivity contribution in [2.45, 2.75) is 251 Å². The summed E-state index contributed by atoms with van der Waals surface area (Å²) >= 11 is 0. The van der Waals surface area contributed by atoms with Crippen LogP contribution >= 0.6 is 0 Å². The summed E-state index contributed by atoms with van der Waals surface area (Å²) in [4.78, 5) is 24.5. The van der Waals surface area contributed by atoms with Crippen LogP contribution < -0.4 is 0 Å². The Morgan fingerprint density at radius 1 is 0.387 bits per heavy atom. The van der Waals surface area contributed by atoms with Crippen molar-refractivity contribution in [3.63, 3.8) is 0 Å². The van der Waals surface area contributed by atoms with Gasteiger partial charge in [0.15, 0.2) is 6.10 Å². The second-order valence-electron chi connectivity index (χ2n) is 17.2. The van der Waals surface area contributed by atoms with Gasteiger partial charge in [-0.05, 0) is 89.9 Å². The number of aliphatic hydroxyl groups is 1. The van der Waals surface area contributed by atoms with Crippen molar-refractivity contribution in [2.24, 2.45) is 0 Å². The van der Waals surface area contributed by atoms with Crippen molar-refractivity contribution in [3.8, 4) is 0 Å².